The predicted octanol–water partition coefficient (Wildman–Crippen LogP) is 3.55. The van der Waals surface area contributed by atoms with E-state index in [1.807, 2.05) is 34.9 Å². The van der Waals surface area contributed by atoms with E-state index in [9.17, 15) is 5.11 Å². The van der Waals surface area contributed by atoms with Gasteiger partial charge < -0.3 is 20.5 Å². The fourth-order valence-electron chi connectivity index (χ4n) is 3.72. The van der Waals surface area contributed by atoms with Gasteiger partial charge >= 0.3 is 5.88 Å². The molecule has 1 aliphatic heterocycles. The van der Waals surface area contributed by atoms with Crippen LogP contribution in [0.3, 0.4) is 0 Å². The highest BCUT2D eigenvalue weighted by Gasteiger charge is 2.36. The third-order valence-corrected chi connectivity index (χ3v) is 5.39. The predicted molar refractivity (Wildman–Crippen MR) is 113 cm³/mol. The second kappa shape index (κ2) is 7.89. The number of halogens is 1. The van der Waals surface area contributed by atoms with E-state index in [0.29, 0.717) is 22.5 Å². The van der Waals surface area contributed by atoms with Gasteiger partial charge in [-0.15, -0.1) is 0 Å². The van der Waals surface area contributed by atoms with E-state index in [1.54, 1.807) is 18.5 Å². The largest absolute Gasteiger partial charge is 0.508 e. The number of fused-ring (bicyclic) bond motifs is 2. The van der Waals surface area contributed by atoms with Crippen LogP contribution in [0.2, 0.25) is 5.02 Å². The minimum Gasteiger partial charge on any atom is -0.508 e. The lowest BCUT2D eigenvalue weighted by atomic mass is 9.83. The summed E-state index contributed by atoms with van der Waals surface area (Å²) < 4.78 is 7.99. The van der Waals surface area contributed by atoms with Crippen molar-refractivity contribution in [3.63, 3.8) is 0 Å². The first-order valence-electron chi connectivity index (χ1n) is 9.53. The third kappa shape index (κ3) is 3.86. The first kappa shape index (κ1) is 19.5. The zero-order valence-corrected chi connectivity index (χ0v) is 17.2. The number of phenols is 1. The molecule has 0 aliphatic carbocycles. The molecule has 1 aromatic heterocycles. The highest BCUT2D eigenvalue weighted by molar-refractivity contribution is 6.30. The number of aromatic hydroxyl groups is 1. The van der Waals surface area contributed by atoms with Crippen molar-refractivity contribution in [3.8, 4) is 17.4 Å². The Morgan fingerprint density at radius 1 is 1.21 bits per heavy atom. The molecule has 0 amide bonds. The quantitative estimate of drug-likeness (QED) is 0.491. The number of nitrogens with two attached hydrogens (primary N) is 1. The zero-order chi connectivity index (χ0) is 20.5. The van der Waals surface area contributed by atoms with Gasteiger partial charge in [-0.2, -0.15) is 0 Å². The summed E-state index contributed by atoms with van der Waals surface area (Å²) >= 11 is 6.11. The molecule has 1 aliphatic rings. The van der Waals surface area contributed by atoms with Gasteiger partial charge in [0, 0.05) is 23.2 Å². The van der Waals surface area contributed by atoms with Crippen LogP contribution >= 0.6 is 11.6 Å². The maximum Gasteiger partial charge on any atom is 0.306 e. The van der Waals surface area contributed by atoms with E-state index < -0.39 is 0 Å². The van der Waals surface area contributed by atoms with Crippen molar-refractivity contribution in [1.82, 2.24) is 9.88 Å². The molecule has 4 rings (SSSR count). The number of anilines is 1. The Labute approximate surface area is 175 Å². The van der Waals surface area contributed by atoms with E-state index in [-0.39, 0.29) is 11.7 Å². The van der Waals surface area contributed by atoms with Crippen molar-refractivity contribution in [2.24, 2.45) is 0 Å². The van der Waals surface area contributed by atoms with Gasteiger partial charge in [0.1, 0.15) is 17.1 Å². The Bertz CT molecular complexity index is 1040. The van der Waals surface area contributed by atoms with Crippen LogP contribution in [0.15, 0.2) is 48.8 Å². The summed E-state index contributed by atoms with van der Waals surface area (Å²) in [4.78, 5) is 6.68. The Morgan fingerprint density at radius 2 is 1.97 bits per heavy atom. The molecule has 0 unspecified atom stereocenters. The molecule has 0 bridgehead atoms. The summed E-state index contributed by atoms with van der Waals surface area (Å²) in [7, 11) is 4.10. The Morgan fingerprint density at radius 3 is 2.69 bits per heavy atom. The maximum atomic E-state index is 9.92. The molecule has 3 aromatic rings. The smallest absolute Gasteiger partial charge is 0.306 e. The van der Waals surface area contributed by atoms with Gasteiger partial charge in [0.2, 0.25) is 12.1 Å². The van der Waals surface area contributed by atoms with Crippen LogP contribution in [0.5, 0.6) is 17.4 Å². The van der Waals surface area contributed by atoms with Gasteiger partial charge in [-0.05, 0) is 44.3 Å². The number of hydrogen-bond acceptors (Lipinski definition) is 5. The SMILES string of the molecule is CN(C)CCC[n+]1cnc2c(c1N)[C@H](c1ccc(Cl)cc1)c1ccc(O)cc1O2. The van der Waals surface area contributed by atoms with Crippen LogP contribution in [0.4, 0.5) is 5.82 Å². The lowest BCUT2D eigenvalue weighted by Crippen LogP contribution is -2.40. The molecule has 1 atom stereocenters. The van der Waals surface area contributed by atoms with Crippen LogP contribution in [0, 0.1) is 0 Å². The fraction of sp³-hybridized carbons (Fsp3) is 0.273. The summed E-state index contributed by atoms with van der Waals surface area (Å²) in [5.74, 6) is 1.65. The maximum absolute atomic E-state index is 9.92. The average molecular weight is 412 g/mol. The van der Waals surface area contributed by atoms with Gasteiger partial charge in [0.15, 0.2) is 0 Å². The first-order chi connectivity index (χ1) is 13.9. The summed E-state index contributed by atoms with van der Waals surface area (Å²) in [6, 6.07) is 12.8. The van der Waals surface area contributed by atoms with E-state index in [2.05, 4.69) is 24.0 Å². The summed E-state index contributed by atoms with van der Waals surface area (Å²) in [6.07, 6.45) is 2.68. The molecule has 150 valence electrons. The number of benzene rings is 2. The minimum absolute atomic E-state index is 0.143. The number of phenolic OH excluding ortho intramolecular Hbond substituents is 1. The lowest BCUT2D eigenvalue weighted by molar-refractivity contribution is -0.686. The standard InChI is InChI=1S/C22H23ClN4O2/c1-26(2)10-3-11-27-13-25-22-20(21(27)24)19(14-4-6-15(23)7-5-14)17-9-8-16(28)12-18(17)29-22/h4-9,12-13,19,24,28H,3,10-11H2,1-2H3/p+1/t19-/m1/s1. The van der Waals surface area contributed by atoms with Gasteiger partial charge in [0.05, 0.1) is 12.5 Å². The Balaban J connectivity index is 1.82. The summed E-state index contributed by atoms with van der Waals surface area (Å²) in [5, 5.41) is 10.6. The third-order valence-electron chi connectivity index (χ3n) is 5.14. The fourth-order valence-corrected chi connectivity index (χ4v) is 3.84. The molecular weight excluding hydrogens is 388 g/mol. The van der Waals surface area contributed by atoms with Crippen LogP contribution in [0.25, 0.3) is 0 Å². The number of aromatic nitrogens is 2. The van der Waals surface area contributed by atoms with Crippen LogP contribution in [-0.2, 0) is 6.54 Å². The van der Waals surface area contributed by atoms with Gasteiger partial charge in [0.25, 0.3) is 0 Å². The monoisotopic (exact) mass is 411 g/mol. The topological polar surface area (TPSA) is 75.5 Å². The van der Waals surface area contributed by atoms with E-state index in [1.165, 1.54) is 0 Å². The molecule has 0 spiro atoms. The molecule has 0 saturated carbocycles. The zero-order valence-electron chi connectivity index (χ0n) is 16.5. The Hall–Kier alpha value is -2.83. The van der Waals surface area contributed by atoms with E-state index in [4.69, 9.17) is 22.1 Å². The highest BCUT2D eigenvalue weighted by atomic mass is 35.5. The van der Waals surface area contributed by atoms with Crippen molar-refractivity contribution < 1.29 is 14.4 Å². The molecule has 6 nitrogen and oxygen atoms in total. The summed E-state index contributed by atoms with van der Waals surface area (Å²) in [5.41, 5.74) is 9.41. The molecule has 2 heterocycles. The van der Waals surface area contributed by atoms with E-state index >= 15 is 0 Å². The van der Waals surface area contributed by atoms with Crippen molar-refractivity contribution in [2.45, 2.75) is 18.9 Å². The normalized spacial score (nSPS) is 15.0. The first-order valence-corrected chi connectivity index (χ1v) is 9.90. The van der Waals surface area contributed by atoms with Crippen LogP contribution in [0.1, 0.15) is 29.0 Å². The van der Waals surface area contributed by atoms with Crippen LogP contribution in [-0.4, -0.2) is 35.6 Å². The Kier molecular flexibility index (Phi) is 5.30. The van der Waals surface area contributed by atoms with Crippen molar-refractivity contribution in [2.75, 3.05) is 26.4 Å². The molecule has 7 heteroatoms. The number of hydrogen-bond donors (Lipinski definition) is 2. The van der Waals surface area contributed by atoms with Crippen molar-refractivity contribution in [1.29, 1.82) is 0 Å². The molecule has 0 radical (unpaired) electrons. The summed E-state index contributed by atoms with van der Waals surface area (Å²) in [6.45, 7) is 1.73. The molecule has 3 N–H and O–H groups in total. The second-order valence-electron chi connectivity index (χ2n) is 7.51. The van der Waals surface area contributed by atoms with Crippen molar-refractivity contribution in [3.05, 3.63) is 70.5 Å². The number of nitrogen functional groups attached to an aromatic ring is 1. The second-order valence-corrected chi connectivity index (χ2v) is 7.94. The van der Waals surface area contributed by atoms with Crippen molar-refractivity contribution >= 4 is 17.4 Å². The molecule has 2 aromatic carbocycles. The number of aryl methyl sites for hydroxylation is 1. The van der Waals surface area contributed by atoms with Gasteiger partial charge in [-0.3, -0.25) is 0 Å². The average Bonchev–Trinajstić information content (AvgIpc) is 2.68. The highest BCUT2D eigenvalue weighted by Crippen LogP contribution is 2.48. The number of rotatable bonds is 5. The molecule has 0 saturated heterocycles. The van der Waals surface area contributed by atoms with Gasteiger partial charge in [-0.1, -0.05) is 34.8 Å². The number of nitrogens with zero attached hydrogens (tertiary/aromatic N) is 3. The minimum atomic E-state index is -0.166. The molecule has 29 heavy (non-hydrogen) atoms. The lowest BCUT2D eigenvalue weighted by Gasteiger charge is -2.27. The molecule has 0 fully saturated rings. The molecular formula is C22H24ClN4O2+. The van der Waals surface area contributed by atoms with Gasteiger partial charge in [-0.25, -0.2) is 4.57 Å². The number of ether oxygens (including phenoxy) is 1. The van der Waals surface area contributed by atoms with E-state index in [0.717, 1.165) is 36.2 Å². The van der Waals surface area contributed by atoms with Crippen LogP contribution < -0.4 is 15.0 Å².